The minimum Gasteiger partial charge on any atom is -0.308 e. The van der Waals surface area contributed by atoms with E-state index in [1.165, 1.54) is 12.1 Å². The molecule has 96 valence electrons. The van der Waals surface area contributed by atoms with Crippen molar-refractivity contribution in [2.45, 2.75) is 26.1 Å². The van der Waals surface area contributed by atoms with Crippen LogP contribution in [0.4, 0.5) is 4.39 Å². The number of hydrogen-bond acceptors (Lipinski definition) is 2. The second kappa shape index (κ2) is 5.98. The molecule has 2 rings (SSSR count). The van der Waals surface area contributed by atoms with Crippen molar-refractivity contribution < 1.29 is 4.39 Å². The predicted molar refractivity (Wildman–Crippen MR) is 69.9 cm³/mol. The highest BCUT2D eigenvalue weighted by molar-refractivity contribution is 6.31. The minimum absolute atomic E-state index is 0.256. The van der Waals surface area contributed by atoms with Gasteiger partial charge in [0.25, 0.3) is 0 Å². The molecule has 0 radical (unpaired) electrons. The highest BCUT2D eigenvalue weighted by Crippen LogP contribution is 2.17. The zero-order chi connectivity index (χ0) is 13.0. The largest absolute Gasteiger partial charge is 0.308 e. The number of hydrogen-bond donors (Lipinski definition) is 1. The number of nitrogens with one attached hydrogen (secondary N) is 1. The minimum atomic E-state index is -0.312. The molecular weight excluding hydrogens is 253 g/mol. The Morgan fingerprint density at radius 3 is 3.00 bits per heavy atom. The second-order valence-electron chi connectivity index (χ2n) is 4.25. The van der Waals surface area contributed by atoms with Crippen molar-refractivity contribution in [2.75, 3.05) is 0 Å². The Morgan fingerprint density at radius 2 is 2.33 bits per heavy atom. The molecule has 1 unspecified atom stereocenters. The Labute approximate surface area is 111 Å². The lowest BCUT2D eigenvalue weighted by molar-refractivity contribution is 0.450. The molecule has 0 fully saturated rings. The molecule has 0 saturated heterocycles. The molecule has 1 N–H and O–H groups in total. The van der Waals surface area contributed by atoms with Gasteiger partial charge in [0.1, 0.15) is 5.82 Å². The van der Waals surface area contributed by atoms with Crippen LogP contribution in [0.1, 0.15) is 12.5 Å². The maximum Gasteiger partial charge on any atom is 0.124 e. The van der Waals surface area contributed by atoms with Crippen LogP contribution >= 0.6 is 11.6 Å². The van der Waals surface area contributed by atoms with E-state index in [-0.39, 0.29) is 11.9 Å². The van der Waals surface area contributed by atoms with Crippen molar-refractivity contribution in [3.8, 4) is 0 Å². The van der Waals surface area contributed by atoms with Gasteiger partial charge in [-0.3, -0.25) is 4.68 Å². The van der Waals surface area contributed by atoms with Gasteiger partial charge in [0.05, 0.1) is 6.54 Å². The first-order valence-corrected chi connectivity index (χ1v) is 6.17. The van der Waals surface area contributed by atoms with Crippen LogP contribution in [0.15, 0.2) is 36.7 Å². The standard InChI is InChI=1S/C13H15ClFN3/c1-10(9-18-6-2-5-17-18)16-8-11-3-4-12(15)7-13(11)14/h2-7,10,16H,8-9H2,1H3. The van der Waals surface area contributed by atoms with E-state index >= 15 is 0 Å². The molecular formula is C13H15ClFN3. The zero-order valence-electron chi connectivity index (χ0n) is 10.1. The Bertz CT molecular complexity index is 499. The fraction of sp³-hybridized carbons (Fsp3) is 0.308. The summed E-state index contributed by atoms with van der Waals surface area (Å²) in [5.74, 6) is -0.312. The van der Waals surface area contributed by atoms with Crippen molar-refractivity contribution in [1.29, 1.82) is 0 Å². The van der Waals surface area contributed by atoms with Gasteiger partial charge in [-0.05, 0) is 30.7 Å². The number of halogens is 2. The number of benzene rings is 1. The molecule has 2 aromatic rings. The van der Waals surface area contributed by atoms with Crippen LogP contribution in [0, 0.1) is 5.82 Å². The summed E-state index contributed by atoms with van der Waals surface area (Å²) in [5, 5.41) is 7.92. The molecule has 18 heavy (non-hydrogen) atoms. The molecule has 0 aliphatic heterocycles. The molecule has 0 aliphatic rings. The van der Waals surface area contributed by atoms with E-state index in [4.69, 9.17) is 11.6 Å². The number of aromatic nitrogens is 2. The summed E-state index contributed by atoms with van der Waals surface area (Å²) in [6, 6.07) is 6.60. The fourth-order valence-electron chi connectivity index (χ4n) is 1.70. The molecule has 0 amide bonds. The lowest BCUT2D eigenvalue weighted by atomic mass is 10.2. The molecule has 3 nitrogen and oxygen atoms in total. The lowest BCUT2D eigenvalue weighted by Crippen LogP contribution is -2.30. The summed E-state index contributed by atoms with van der Waals surface area (Å²) in [6.07, 6.45) is 3.67. The monoisotopic (exact) mass is 267 g/mol. The third-order valence-corrected chi connectivity index (χ3v) is 3.03. The Kier molecular flexibility index (Phi) is 4.33. The van der Waals surface area contributed by atoms with Gasteiger partial charge in [0.2, 0.25) is 0 Å². The van der Waals surface area contributed by atoms with Gasteiger partial charge in [-0.2, -0.15) is 5.10 Å². The number of rotatable bonds is 5. The number of nitrogens with zero attached hydrogens (tertiary/aromatic N) is 2. The molecule has 5 heteroatoms. The Hall–Kier alpha value is -1.39. The quantitative estimate of drug-likeness (QED) is 0.903. The van der Waals surface area contributed by atoms with Crippen molar-refractivity contribution in [1.82, 2.24) is 15.1 Å². The fourth-order valence-corrected chi connectivity index (χ4v) is 1.94. The lowest BCUT2D eigenvalue weighted by Gasteiger charge is -2.14. The molecule has 0 aliphatic carbocycles. The molecule has 1 atom stereocenters. The van der Waals surface area contributed by atoms with E-state index in [2.05, 4.69) is 17.3 Å². The summed E-state index contributed by atoms with van der Waals surface area (Å²) in [5.41, 5.74) is 0.894. The van der Waals surface area contributed by atoms with Gasteiger partial charge in [-0.1, -0.05) is 17.7 Å². The third kappa shape index (κ3) is 3.55. The average molecular weight is 268 g/mol. The predicted octanol–water partition coefficient (Wildman–Crippen LogP) is 2.85. The first kappa shape index (κ1) is 13.1. The SMILES string of the molecule is CC(Cn1cccn1)NCc1ccc(F)cc1Cl. The van der Waals surface area contributed by atoms with Crippen molar-refractivity contribution in [2.24, 2.45) is 0 Å². The Morgan fingerprint density at radius 1 is 1.50 bits per heavy atom. The van der Waals surface area contributed by atoms with Gasteiger partial charge in [0, 0.05) is 30.0 Å². The van der Waals surface area contributed by atoms with Crippen LogP contribution in [0.25, 0.3) is 0 Å². The summed E-state index contributed by atoms with van der Waals surface area (Å²) >= 11 is 5.96. The first-order chi connectivity index (χ1) is 8.65. The summed E-state index contributed by atoms with van der Waals surface area (Å²) in [4.78, 5) is 0. The van der Waals surface area contributed by atoms with Gasteiger partial charge in [-0.25, -0.2) is 4.39 Å². The van der Waals surface area contributed by atoms with E-state index in [1.54, 1.807) is 12.3 Å². The van der Waals surface area contributed by atoms with Gasteiger partial charge < -0.3 is 5.32 Å². The zero-order valence-corrected chi connectivity index (χ0v) is 10.9. The van der Waals surface area contributed by atoms with E-state index in [1.807, 2.05) is 16.9 Å². The molecule has 1 aromatic carbocycles. The van der Waals surface area contributed by atoms with Gasteiger partial charge in [-0.15, -0.1) is 0 Å². The maximum absolute atomic E-state index is 12.9. The molecule has 0 bridgehead atoms. The van der Waals surface area contributed by atoms with Crippen molar-refractivity contribution >= 4 is 11.6 Å². The average Bonchev–Trinajstić information content (AvgIpc) is 2.80. The van der Waals surface area contributed by atoms with E-state index in [0.29, 0.717) is 11.6 Å². The van der Waals surface area contributed by atoms with Crippen LogP contribution in [0.5, 0.6) is 0 Å². The van der Waals surface area contributed by atoms with Crippen LogP contribution in [-0.4, -0.2) is 15.8 Å². The third-order valence-electron chi connectivity index (χ3n) is 2.68. The smallest absolute Gasteiger partial charge is 0.124 e. The summed E-state index contributed by atoms with van der Waals surface area (Å²) in [7, 11) is 0. The maximum atomic E-state index is 12.9. The molecule has 1 heterocycles. The molecule has 1 aromatic heterocycles. The van der Waals surface area contributed by atoms with Crippen molar-refractivity contribution in [3.63, 3.8) is 0 Å². The van der Waals surface area contributed by atoms with E-state index < -0.39 is 0 Å². The summed E-state index contributed by atoms with van der Waals surface area (Å²) < 4.78 is 14.7. The van der Waals surface area contributed by atoms with E-state index in [0.717, 1.165) is 12.1 Å². The molecule has 0 spiro atoms. The first-order valence-electron chi connectivity index (χ1n) is 5.80. The summed E-state index contributed by atoms with van der Waals surface area (Å²) in [6.45, 7) is 3.46. The molecule has 0 saturated carbocycles. The Balaban J connectivity index is 1.87. The highest BCUT2D eigenvalue weighted by Gasteiger charge is 2.05. The van der Waals surface area contributed by atoms with E-state index in [9.17, 15) is 4.39 Å². The normalized spacial score (nSPS) is 12.6. The van der Waals surface area contributed by atoms with Gasteiger partial charge in [0.15, 0.2) is 0 Å². The highest BCUT2D eigenvalue weighted by atomic mass is 35.5. The van der Waals surface area contributed by atoms with Crippen LogP contribution in [-0.2, 0) is 13.1 Å². The van der Waals surface area contributed by atoms with Gasteiger partial charge >= 0.3 is 0 Å². The van der Waals surface area contributed by atoms with Crippen molar-refractivity contribution in [3.05, 3.63) is 53.1 Å². The second-order valence-corrected chi connectivity index (χ2v) is 4.65. The van der Waals surface area contributed by atoms with Crippen LogP contribution in [0.2, 0.25) is 5.02 Å². The van der Waals surface area contributed by atoms with Crippen LogP contribution < -0.4 is 5.32 Å². The van der Waals surface area contributed by atoms with Crippen LogP contribution in [0.3, 0.4) is 0 Å². The topological polar surface area (TPSA) is 29.9 Å².